The first kappa shape index (κ1) is 27.9. The Morgan fingerprint density at radius 2 is 1.26 bits per heavy atom. The highest BCUT2D eigenvalue weighted by molar-refractivity contribution is 7.99. The molecule has 1 aromatic carbocycles. The molecule has 1 rings (SSSR count). The number of benzene rings is 1. The summed E-state index contributed by atoms with van der Waals surface area (Å²) in [6.45, 7) is 3.12. The van der Waals surface area contributed by atoms with Crippen molar-refractivity contribution >= 4 is 17.7 Å². The Morgan fingerprint density at radius 3 is 1.87 bits per heavy atom. The number of rotatable bonds is 21. The Bertz CT molecular complexity index is 533. The summed E-state index contributed by atoms with van der Waals surface area (Å²) >= 11 is 1.87. The third kappa shape index (κ3) is 18.1. The maximum absolute atomic E-state index is 11.9. The SMILES string of the molecule is CCCCCCCCCCNC(=O)CCCCCCCCCCSc1ccc(O)cc1. The summed E-state index contributed by atoms with van der Waals surface area (Å²) in [7, 11) is 0. The number of phenolic OH excluding ortho intramolecular Hbond substituents is 1. The van der Waals surface area contributed by atoms with Crippen LogP contribution in [0, 0.1) is 0 Å². The van der Waals surface area contributed by atoms with Gasteiger partial charge in [-0.05, 0) is 49.3 Å². The van der Waals surface area contributed by atoms with Crippen molar-refractivity contribution in [2.45, 2.75) is 121 Å². The Kier molecular flexibility index (Phi) is 18.6. The number of carbonyl (C=O) groups is 1. The first-order valence-corrected chi connectivity index (χ1v) is 13.9. The predicted molar refractivity (Wildman–Crippen MR) is 136 cm³/mol. The maximum atomic E-state index is 11.9. The first-order valence-electron chi connectivity index (χ1n) is 12.9. The third-order valence-corrected chi connectivity index (χ3v) is 6.85. The second-order valence-electron chi connectivity index (χ2n) is 8.75. The van der Waals surface area contributed by atoms with Gasteiger partial charge in [0, 0.05) is 17.9 Å². The van der Waals surface area contributed by atoms with E-state index in [2.05, 4.69) is 12.2 Å². The summed E-state index contributed by atoms with van der Waals surface area (Å²) < 4.78 is 0. The van der Waals surface area contributed by atoms with Crippen LogP contribution in [0.15, 0.2) is 29.2 Å². The molecule has 2 N–H and O–H groups in total. The van der Waals surface area contributed by atoms with Gasteiger partial charge in [0.2, 0.25) is 5.91 Å². The number of hydrogen-bond donors (Lipinski definition) is 2. The quantitative estimate of drug-likeness (QED) is 0.147. The summed E-state index contributed by atoms with van der Waals surface area (Å²) in [5, 5.41) is 12.4. The zero-order chi connectivity index (χ0) is 22.4. The molecule has 0 spiro atoms. The molecular weight excluding hydrogens is 402 g/mol. The lowest BCUT2D eigenvalue weighted by Crippen LogP contribution is -2.23. The van der Waals surface area contributed by atoms with Crippen LogP contribution >= 0.6 is 11.8 Å². The average molecular weight is 450 g/mol. The molecule has 178 valence electrons. The molecule has 0 fully saturated rings. The van der Waals surface area contributed by atoms with E-state index in [0.29, 0.717) is 12.2 Å². The van der Waals surface area contributed by atoms with Crippen molar-refractivity contribution < 1.29 is 9.90 Å². The molecule has 0 aliphatic carbocycles. The van der Waals surface area contributed by atoms with Gasteiger partial charge in [0.15, 0.2) is 0 Å². The number of thioether (sulfide) groups is 1. The van der Waals surface area contributed by atoms with E-state index in [1.54, 1.807) is 12.1 Å². The predicted octanol–water partition coefficient (Wildman–Crippen LogP) is 8.25. The molecule has 0 radical (unpaired) electrons. The number of hydrogen-bond acceptors (Lipinski definition) is 3. The van der Waals surface area contributed by atoms with E-state index >= 15 is 0 Å². The van der Waals surface area contributed by atoms with Crippen molar-refractivity contribution in [2.75, 3.05) is 12.3 Å². The molecule has 0 atom stereocenters. The third-order valence-electron chi connectivity index (χ3n) is 5.76. The van der Waals surface area contributed by atoms with Crippen molar-refractivity contribution in [1.29, 1.82) is 0 Å². The van der Waals surface area contributed by atoms with Gasteiger partial charge in [-0.15, -0.1) is 11.8 Å². The fraction of sp³-hybridized carbons (Fsp3) is 0.741. The van der Waals surface area contributed by atoms with Crippen LogP contribution in [-0.2, 0) is 4.79 Å². The Morgan fingerprint density at radius 1 is 0.742 bits per heavy atom. The second-order valence-corrected chi connectivity index (χ2v) is 9.91. The highest BCUT2D eigenvalue weighted by Gasteiger charge is 2.01. The summed E-state index contributed by atoms with van der Waals surface area (Å²) in [5.74, 6) is 1.73. The van der Waals surface area contributed by atoms with Crippen LogP contribution in [0.1, 0.15) is 116 Å². The molecule has 0 saturated carbocycles. The van der Waals surface area contributed by atoms with E-state index in [4.69, 9.17) is 0 Å². The number of nitrogens with one attached hydrogen (secondary N) is 1. The van der Waals surface area contributed by atoms with Gasteiger partial charge >= 0.3 is 0 Å². The monoisotopic (exact) mass is 449 g/mol. The molecule has 4 heteroatoms. The molecule has 1 amide bonds. The first-order chi connectivity index (χ1) is 15.2. The lowest BCUT2D eigenvalue weighted by Gasteiger charge is -2.06. The highest BCUT2D eigenvalue weighted by atomic mass is 32.2. The molecule has 0 unspecified atom stereocenters. The number of amides is 1. The zero-order valence-electron chi connectivity index (χ0n) is 20.0. The van der Waals surface area contributed by atoms with Gasteiger partial charge < -0.3 is 10.4 Å². The van der Waals surface area contributed by atoms with Crippen LogP contribution in [0.3, 0.4) is 0 Å². The molecule has 0 bridgehead atoms. The van der Waals surface area contributed by atoms with E-state index < -0.39 is 0 Å². The molecule has 0 aliphatic heterocycles. The summed E-state index contributed by atoms with van der Waals surface area (Å²) in [4.78, 5) is 13.1. The molecule has 1 aromatic rings. The van der Waals surface area contributed by atoms with Crippen molar-refractivity contribution in [3.05, 3.63) is 24.3 Å². The van der Waals surface area contributed by atoms with Crippen LogP contribution in [-0.4, -0.2) is 23.3 Å². The van der Waals surface area contributed by atoms with E-state index in [1.165, 1.54) is 94.8 Å². The van der Waals surface area contributed by atoms with Crippen LogP contribution in [0.2, 0.25) is 0 Å². The highest BCUT2D eigenvalue weighted by Crippen LogP contribution is 2.22. The van der Waals surface area contributed by atoms with Gasteiger partial charge in [-0.25, -0.2) is 0 Å². The van der Waals surface area contributed by atoms with Crippen LogP contribution in [0.4, 0.5) is 0 Å². The molecular formula is C27H47NO2S. The van der Waals surface area contributed by atoms with Gasteiger partial charge in [-0.1, -0.05) is 90.4 Å². The summed E-state index contributed by atoms with van der Waals surface area (Å²) in [6, 6.07) is 7.47. The van der Waals surface area contributed by atoms with Gasteiger partial charge in [0.1, 0.15) is 5.75 Å². The minimum Gasteiger partial charge on any atom is -0.508 e. The number of phenols is 1. The molecule has 0 saturated heterocycles. The largest absolute Gasteiger partial charge is 0.508 e. The van der Waals surface area contributed by atoms with E-state index in [9.17, 15) is 9.90 Å². The second kappa shape index (κ2) is 20.7. The van der Waals surface area contributed by atoms with Crippen molar-refractivity contribution in [3.8, 4) is 5.75 Å². The van der Waals surface area contributed by atoms with Gasteiger partial charge in [-0.2, -0.15) is 0 Å². The molecule has 3 nitrogen and oxygen atoms in total. The maximum Gasteiger partial charge on any atom is 0.219 e. The van der Waals surface area contributed by atoms with E-state index in [0.717, 1.165) is 25.1 Å². The lowest BCUT2D eigenvalue weighted by atomic mass is 10.1. The molecule has 0 aliphatic rings. The van der Waals surface area contributed by atoms with Crippen LogP contribution in [0.5, 0.6) is 5.75 Å². The van der Waals surface area contributed by atoms with Gasteiger partial charge in [0.25, 0.3) is 0 Å². The van der Waals surface area contributed by atoms with Crippen LogP contribution in [0.25, 0.3) is 0 Å². The standard InChI is InChI=1S/C27H47NO2S/c1-2-3-4-5-6-10-13-16-23-28-27(30)18-15-12-9-7-8-11-14-17-24-31-26-21-19-25(29)20-22-26/h19-22,29H,2-18,23-24H2,1H3,(H,28,30). The minimum absolute atomic E-state index is 0.245. The van der Waals surface area contributed by atoms with Crippen LogP contribution < -0.4 is 5.32 Å². The van der Waals surface area contributed by atoms with Gasteiger partial charge in [-0.3, -0.25) is 4.79 Å². The number of unbranched alkanes of at least 4 members (excludes halogenated alkanes) is 14. The van der Waals surface area contributed by atoms with E-state index in [-0.39, 0.29) is 5.91 Å². The minimum atomic E-state index is 0.245. The lowest BCUT2D eigenvalue weighted by molar-refractivity contribution is -0.121. The molecule has 0 aromatic heterocycles. The average Bonchev–Trinajstić information content (AvgIpc) is 2.77. The molecule has 0 heterocycles. The zero-order valence-corrected chi connectivity index (χ0v) is 20.8. The summed E-state index contributed by atoms with van der Waals surface area (Å²) in [6.07, 6.45) is 21.2. The van der Waals surface area contributed by atoms with E-state index in [1.807, 2.05) is 23.9 Å². The number of aromatic hydroxyl groups is 1. The molecule has 31 heavy (non-hydrogen) atoms. The Labute approximate surface area is 196 Å². The van der Waals surface area contributed by atoms with Crippen molar-refractivity contribution in [1.82, 2.24) is 5.32 Å². The fourth-order valence-electron chi connectivity index (χ4n) is 3.76. The Hall–Kier alpha value is -1.16. The Balaban J connectivity index is 1.76. The van der Waals surface area contributed by atoms with Crippen molar-refractivity contribution in [2.24, 2.45) is 0 Å². The normalized spacial score (nSPS) is 11.0. The fourth-order valence-corrected chi connectivity index (χ4v) is 4.67. The summed E-state index contributed by atoms with van der Waals surface area (Å²) in [5.41, 5.74) is 0. The van der Waals surface area contributed by atoms with Gasteiger partial charge in [0.05, 0.1) is 0 Å². The topological polar surface area (TPSA) is 49.3 Å². The smallest absolute Gasteiger partial charge is 0.219 e. The number of carbonyl (C=O) groups excluding carboxylic acids is 1. The van der Waals surface area contributed by atoms with Crippen molar-refractivity contribution in [3.63, 3.8) is 0 Å².